The van der Waals surface area contributed by atoms with Crippen LogP contribution in [-0.4, -0.2) is 49.9 Å². The van der Waals surface area contributed by atoms with Gasteiger partial charge in [0.05, 0.1) is 24.2 Å². The van der Waals surface area contributed by atoms with Crippen molar-refractivity contribution in [3.05, 3.63) is 60.7 Å². The van der Waals surface area contributed by atoms with Crippen LogP contribution in [0, 0.1) is 17.3 Å². The molecule has 1 aliphatic rings. The zero-order valence-corrected chi connectivity index (χ0v) is 29.5. The zero-order valence-electron chi connectivity index (χ0n) is 28.5. The fourth-order valence-electron chi connectivity index (χ4n) is 6.92. The van der Waals surface area contributed by atoms with Crippen molar-refractivity contribution in [3.8, 4) is 0 Å². The largest absolute Gasteiger partial charge is 0.405 e. The van der Waals surface area contributed by atoms with Crippen LogP contribution < -0.4 is 10.4 Å². The van der Waals surface area contributed by atoms with E-state index in [1.807, 2.05) is 34.6 Å². The number of aliphatic hydroxyl groups excluding tert-OH is 1. The monoisotopic (exact) mass is 626 g/mol. The van der Waals surface area contributed by atoms with Gasteiger partial charge in [0.1, 0.15) is 5.78 Å². The van der Waals surface area contributed by atoms with Crippen molar-refractivity contribution < 1.29 is 23.8 Å². The van der Waals surface area contributed by atoms with Crippen molar-refractivity contribution in [3.63, 3.8) is 0 Å². The minimum absolute atomic E-state index is 0. The smallest absolute Gasteiger partial charge is 0.261 e. The highest BCUT2D eigenvalue weighted by atomic mass is 28.4. The maximum Gasteiger partial charge on any atom is 0.261 e. The van der Waals surface area contributed by atoms with Gasteiger partial charge in [0.15, 0.2) is 5.79 Å². The Morgan fingerprint density at radius 3 is 1.95 bits per heavy atom. The van der Waals surface area contributed by atoms with E-state index >= 15 is 0 Å². The average molecular weight is 627 g/mol. The normalized spacial score (nSPS) is 20.2. The van der Waals surface area contributed by atoms with Crippen LogP contribution in [0.15, 0.2) is 60.7 Å². The Balaban J connectivity index is 0.00000675. The molecule has 0 aromatic heterocycles. The number of hydrogen-bond acceptors (Lipinski definition) is 5. The molecule has 1 fully saturated rings. The molecule has 5 atom stereocenters. The van der Waals surface area contributed by atoms with Gasteiger partial charge >= 0.3 is 0 Å². The van der Waals surface area contributed by atoms with Crippen LogP contribution in [0.5, 0.6) is 0 Å². The standard InChI is InChI=1S/C37H58O5Si.CH4/c1-11-31(34(39)36(7,8)32-25-26-40-37(9,10)41-32)33(38)27(2)19-18-20-28(3)42-43(35(4,5)6,29-21-14-12-15-22-29)30-23-16-13-17-24-30;/h12-17,21-24,27-28,31-33,38H,11,18-20,25-26H2,1-10H3;1H4/t27-,28?,31+,32-,33?;/m0./s1. The molecule has 248 valence electrons. The Kier molecular flexibility index (Phi) is 13.6. The quantitative estimate of drug-likeness (QED) is 0.216. The summed E-state index contributed by atoms with van der Waals surface area (Å²) in [4.78, 5) is 13.9. The van der Waals surface area contributed by atoms with Crippen molar-refractivity contribution in [2.75, 3.05) is 6.61 Å². The summed E-state index contributed by atoms with van der Waals surface area (Å²) >= 11 is 0. The molecule has 0 amide bonds. The predicted octanol–water partition coefficient (Wildman–Crippen LogP) is 7.92. The average Bonchev–Trinajstić information content (AvgIpc) is 2.95. The second-order valence-electron chi connectivity index (χ2n) is 14.7. The van der Waals surface area contributed by atoms with E-state index in [1.54, 1.807) is 0 Å². The van der Waals surface area contributed by atoms with Crippen molar-refractivity contribution in [1.82, 2.24) is 0 Å². The van der Waals surface area contributed by atoms with Gasteiger partial charge in [-0.15, -0.1) is 0 Å². The summed E-state index contributed by atoms with van der Waals surface area (Å²) in [5.74, 6) is -1.05. The van der Waals surface area contributed by atoms with Crippen LogP contribution in [-0.2, 0) is 18.7 Å². The number of aliphatic hydroxyl groups is 1. The number of Topliss-reactive ketones (excluding diaryl/α,β-unsaturated/α-hetero) is 1. The highest BCUT2D eigenvalue weighted by Gasteiger charge is 2.51. The van der Waals surface area contributed by atoms with Crippen LogP contribution in [0.4, 0.5) is 0 Å². The molecule has 44 heavy (non-hydrogen) atoms. The Labute approximate surface area is 270 Å². The molecular formula is C38H62O5Si. The third-order valence-corrected chi connectivity index (χ3v) is 14.7. The Hall–Kier alpha value is -1.83. The summed E-state index contributed by atoms with van der Waals surface area (Å²) < 4.78 is 19.1. The molecule has 6 heteroatoms. The Morgan fingerprint density at radius 1 is 0.977 bits per heavy atom. The van der Waals surface area contributed by atoms with Gasteiger partial charge in [-0.25, -0.2) is 0 Å². The van der Waals surface area contributed by atoms with Gasteiger partial charge in [0.25, 0.3) is 8.32 Å². The summed E-state index contributed by atoms with van der Waals surface area (Å²) in [6.07, 6.45) is 3.04. The number of carbonyl (C=O) groups excluding carboxylic acids is 1. The molecule has 3 rings (SSSR count). The van der Waals surface area contributed by atoms with Crippen LogP contribution in [0.3, 0.4) is 0 Å². The molecule has 2 unspecified atom stereocenters. The van der Waals surface area contributed by atoms with E-state index in [2.05, 4.69) is 95.3 Å². The molecule has 2 aromatic carbocycles. The minimum atomic E-state index is -2.61. The number of ether oxygens (including phenoxy) is 2. The fourth-order valence-corrected chi connectivity index (χ4v) is 11.7. The fraction of sp³-hybridized carbons (Fsp3) is 0.658. The Bertz CT molecular complexity index is 1100. The molecule has 0 bridgehead atoms. The van der Waals surface area contributed by atoms with Crippen molar-refractivity contribution in [2.24, 2.45) is 17.3 Å². The first kappa shape index (κ1) is 38.4. The number of ketones is 1. The lowest BCUT2D eigenvalue weighted by Crippen LogP contribution is -2.67. The van der Waals surface area contributed by atoms with E-state index in [9.17, 15) is 9.90 Å². The molecule has 1 N–H and O–H groups in total. The summed E-state index contributed by atoms with van der Waals surface area (Å²) in [5.41, 5.74) is -0.708. The summed E-state index contributed by atoms with van der Waals surface area (Å²) in [7, 11) is -2.61. The lowest BCUT2D eigenvalue weighted by Gasteiger charge is -2.45. The van der Waals surface area contributed by atoms with E-state index < -0.39 is 31.5 Å². The van der Waals surface area contributed by atoms with E-state index in [-0.39, 0.29) is 36.4 Å². The van der Waals surface area contributed by atoms with Gasteiger partial charge in [-0.1, -0.05) is 123 Å². The topological polar surface area (TPSA) is 65.0 Å². The number of benzene rings is 2. The van der Waals surface area contributed by atoms with Gasteiger partial charge in [-0.05, 0) is 67.8 Å². The predicted molar refractivity (Wildman–Crippen MR) is 186 cm³/mol. The third-order valence-electron chi connectivity index (χ3n) is 9.53. The first-order valence-corrected chi connectivity index (χ1v) is 18.3. The molecule has 0 radical (unpaired) electrons. The second-order valence-corrected chi connectivity index (χ2v) is 19.0. The molecule has 1 saturated heterocycles. The van der Waals surface area contributed by atoms with Gasteiger partial charge in [0.2, 0.25) is 0 Å². The van der Waals surface area contributed by atoms with E-state index in [0.29, 0.717) is 19.4 Å². The van der Waals surface area contributed by atoms with E-state index in [0.717, 1.165) is 19.3 Å². The lowest BCUT2D eigenvalue weighted by atomic mass is 9.71. The van der Waals surface area contributed by atoms with Gasteiger partial charge in [-0.2, -0.15) is 0 Å². The minimum Gasteiger partial charge on any atom is -0.405 e. The molecule has 2 aromatic rings. The lowest BCUT2D eigenvalue weighted by molar-refractivity contribution is -0.289. The first-order valence-electron chi connectivity index (χ1n) is 16.4. The molecule has 1 aliphatic heterocycles. The van der Waals surface area contributed by atoms with Crippen LogP contribution in [0.1, 0.15) is 109 Å². The first-order chi connectivity index (χ1) is 20.1. The molecule has 1 heterocycles. The number of carbonyl (C=O) groups is 1. The van der Waals surface area contributed by atoms with Crippen molar-refractivity contribution in [1.29, 1.82) is 0 Å². The molecule has 0 saturated carbocycles. The number of rotatable bonds is 14. The van der Waals surface area contributed by atoms with Gasteiger partial charge in [-0.3, -0.25) is 4.79 Å². The summed E-state index contributed by atoms with van der Waals surface area (Å²) in [6, 6.07) is 21.5. The van der Waals surface area contributed by atoms with E-state index in [4.69, 9.17) is 13.9 Å². The summed E-state index contributed by atoms with van der Waals surface area (Å²) in [5, 5.41) is 14.0. The van der Waals surface area contributed by atoms with Crippen molar-refractivity contribution in [2.45, 2.75) is 138 Å². The second kappa shape index (κ2) is 15.6. The highest BCUT2D eigenvalue weighted by molar-refractivity contribution is 6.99. The molecule has 0 aliphatic carbocycles. The van der Waals surface area contributed by atoms with Crippen LogP contribution in [0.2, 0.25) is 5.04 Å². The zero-order chi connectivity index (χ0) is 32.1. The maximum atomic E-state index is 13.9. The molecule has 5 nitrogen and oxygen atoms in total. The van der Waals surface area contributed by atoms with Crippen LogP contribution in [0.25, 0.3) is 0 Å². The van der Waals surface area contributed by atoms with E-state index in [1.165, 1.54) is 10.4 Å². The molecule has 0 spiro atoms. The van der Waals surface area contributed by atoms with Gasteiger partial charge in [0, 0.05) is 12.0 Å². The van der Waals surface area contributed by atoms with Crippen LogP contribution >= 0.6 is 0 Å². The van der Waals surface area contributed by atoms with Crippen molar-refractivity contribution >= 4 is 24.5 Å². The SMILES string of the molecule is C.CC[C@@H](C(=O)C(C)(C)[C@@H]1CCOC(C)(C)O1)C(O)[C@@H](C)CCCC(C)O[Si](c1ccccc1)(c1ccccc1)C(C)(C)C. The highest BCUT2D eigenvalue weighted by Crippen LogP contribution is 2.40. The summed E-state index contributed by atoms with van der Waals surface area (Å²) in [6.45, 7) is 21.5. The number of hydrogen-bond donors (Lipinski definition) is 1. The Morgan fingerprint density at radius 2 is 1.50 bits per heavy atom. The third kappa shape index (κ3) is 8.70. The molecular weight excluding hydrogens is 564 g/mol. The van der Waals surface area contributed by atoms with Gasteiger partial charge < -0.3 is 19.0 Å². The maximum absolute atomic E-state index is 13.9.